The lowest BCUT2D eigenvalue weighted by molar-refractivity contribution is -0.274. The molecule has 2 aromatic rings. The summed E-state index contributed by atoms with van der Waals surface area (Å²) in [5, 5.41) is 5.71. The Kier molecular flexibility index (Phi) is 11.8. The number of nitrogens with zero attached hydrogens (tertiary/aromatic N) is 2. The highest BCUT2D eigenvalue weighted by Crippen LogP contribution is 2.47. The summed E-state index contributed by atoms with van der Waals surface area (Å²) >= 11 is 0. The van der Waals surface area contributed by atoms with Gasteiger partial charge in [-0.25, -0.2) is 17.6 Å². The maximum absolute atomic E-state index is 14.6. The van der Waals surface area contributed by atoms with Crippen LogP contribution in [-0.2, 0) is 42.2 Å². The fourth-order valence-electron chi connectivity index (χ4n) is 7.44. The van der Waals surface area contributed by atoms with Crippen LogP contribution in [0.1, 0.15) is 82.8 Å². The SMILES string of the molecule is C=C[C@@H]1C[C@]1(NC(=O)[C@@H]1C[C@@H](OC(=O)N2Cc3cccc(F)c3C2)CN1C(=O)[C@H](CCCCCC)Nc1cccc(OC(F)(F)F)c1)C(=O)NS(=O)(=O)C1(C)CC1. The molecule has 0 aromatic heterocycles. The number of rotatable bonds is 16. The Morgan fingerprint density at radius 3 is 2.46 bits per heavy atom. The highest BCUT2D eigenvalue weighted by atomic mass is 32.2. The number of sulfonamides is 1. The number of halogens is 4. The third-order valence-corrected chi connectivity index (χ3v) is 13.4. The van der Waals surface area contributed by atoms with E-state index < -0.39 is 86.2 Å². The summed E-state index contributed by atoms with van der Waals surface area (Å²) in [6.07, 6.45) is -1.54. The number of ether oxygens (including phenoxy) is 2. The van der Waals surface area contributed by atoms with Crippen LogP contribution in [0, 0.1) is 11.7 Å². The van der Waals surface area contributed by atoms with Gasteiger partial charge in [-0.3, -0.25) is 24.0 Å². The molecule has 0 spiro atoms. The Balaban J connectivity index is 1.25. The molecule has 2 aliphatic carbocycles. The first-order valence-corrected chi connectivity index (χ1v) is 20.5. The molecule has 4 amide bonds. The highest BCUT2D eigenvalue weighted by Gasteiger charge is 2.63. The van der Waals surface area contributed by atoms with Gasteiger partial charge in [0.05, 0.1) is 17.8 Å². The van der Waals surface area contributed by atoms with Gasteiger partial charge in [0.2, 0.25) is 21.8 Å². The van der Waals surface area contributed by atoms with Crippen molar-refractivity contribution in [2.24, 2.45) is 5.92 Å². The van der Waals surface area contributed by atoms with Gasteiger partial charge in [0, 0.05) is 36.2 Å². The van der Waals surface area contributed by atoms with Crippen LogP contribution in [0.15, 0.2) is 55.1 Å². The maximum Gasteiger partial charge on any atom is 0.573 e. The first-order chi connectivity index (χ1) is 26.9. The number of amides is 4. The number of anilines is 1. The van der Waals surface area contributed by atoms with Crippen LogP contribution in [0.2, 0.25) is 0 Å². The van der Waals surface area contributed by atoms with E-state index in [0.29, 0.717) is 30.4 Å². The predicted molar refractivity (Wildman–Crippen MR) is 199 cm³/mol. The zero-order chi connectivity index (χ0) is 41.3. The van der Waals surface area contributed by atoms with E-state index in [-0.39, 0.29) is 44.6 Å². The molecule has 6 rings (SSSR count). The van der Waals surface area contributed by atoms with Crippen LogP contribution < -0.4 is 20.1 Å². The number of unbranched alkanes of at least 4 members (excludes halogenated alkanes) is 3. The number of carbonyl (C=O) groups is 4. The van der Waals surface area contributed by atoms with Crippen LogP contribution in [0.3, 0.4) is 0 Å². The molecule has 3 N–H and O–H groups in total. The van der Waals surface area contributed by atoms with Crippen molar-refractivity contribution in [3.8, 4) is 5.75 Å². The van der Waals surface area contributed by atoms with Crippen LogP contribution in [0.5, 0.6) is 5.75 Å². The molecule has 2 saturated carbocycles. The minimum absolute atomic E-state index is 0.0451. The average Bonchev–Trinajstić information content (AvgIpc) is 3.95. The van der Waals surface area contributed by atoms with E-state index in [1.165, 1.54) is 47.1 Å². The largest absolute Gasteiger partial charge is 0.573 e. The second-order valence-electron chi connectivity index (χ2n) is 15.5. The molecule has 3 fully saturated rings. The Labute approximate surface area is 328 Å². The zero-order valence-corrected chi connectivity index (χ0v) is 32.5. The lowest BCUT2D eigenvalue weighted by Crippen LogP contribution is -2.58. The minimum Gasteiger partial charge on any atom is -0.444 e. The van der Waals surface area contributed by atoms with E-state index >= 15 is 0 Å². The molecule has 4 aliphatic rings. The number of nitrogens with one attached hydrogen (secondary N) is 3. The summed E-state index contributed by atoms with van der Waals surface area (Å²) in [6, 6.07) is 7.12. The topological polar surface area (TPSA) is 163 Å². The number of carbonyl (C=O) groups excluding carboxylic acids is 4. The van der Waals surface area contributed by atoms with Gasteiger partial charge in [0.25, 0.3) is 5.91 Å². The normalized spacial score (nSPS) is 23.9. The fourth-order valence-corrected chi connectivity index (χ4v) is 8.75. The monoisotopic (exact) mass is 821 g/mol. The van der Waals surface area contributed by atoms with Crippen molar-refractivity contribution in [3.05, 3.63) is 72.1 Å². The average molecular weight is 822 g/mol. The molecular weight excluding hydrogens is 775 g/mol. The number of likely N-dealkylation sites (tertiary alicyclic amines) is 1. The van der Waals surface area contributed by atoms with Gasteiger partial charge in [-0.2, -0.15) is 0 Å². The van der Waals surface area contributed by atoms with Gasteiger partial charge in [0.15, 0.2) is 0 Å². The highest BCUT2D eigenvalue weighted by molar-refractivity contribution is 7.91. The summed E-state index contributed by atoms with van der Waals surface area (Å²) in [5.74, 6) is -3.98. The van der Waals surface area contributed by atoms with Crippen molar-refractivity contribution in [3.63, 3.8) is 0 Å². The third kappa shape index (κ3) is 9.31. The molecule has 57 heavy (non-hydrogen) atoms. The van der Waals surface area contributed by atoms with E-state index in [1.54, 1.807) is 6.07 Å². The molecule has 5 atom stereocenters. The molecular formula is C39H47F4N5O8S. The lowest BCUT2D eigenvalue weighted by Gasteiger charge is -2.30. The van der Waals surface area contributed by atoms with Crippen molar-refractivity contribution < 1.29 is 54.6 Å². The zero-order valence-electron chi connectivity index (χ0n) is 31.7. The Morgan fingerprint density at radius 2 is 1.81 bits per heavy atom. The molecule has 0 radical (unpaired) electrons. The predicted octanol–water partition coefficient (Wildman–Crippen LogP) is 5.66. The molecule has 18 heteroatoms. The van der Waals surface area contributed by atoms with Gasteiger partial charge < -0.3 is 25.0 Å². The fraction of sp³-hybridized carbons (Fsp3) is 0.538. The smallest absolute Gasteiger partial charge is 0.444 e. The first kappa shape index (κ1) is 41.8. The van der Waals surface area contributed by atoms with E-state index in [9.17, 15) is 45.2 Å². The summed E-state index contributed by atoms with van der Waals surface area (Å²) < 4.78 is 90.5. The first-order valence-electron chi connectivity index (χ1n) is 19.0. The van der Waals surface area contributed by atoms with Crippen LogP contribution in [-0.4, -0.2) is 83.4 Å². The summed E-state index contributed by atoms with van der Waals surface area (Å²) in [7, 11) is -4.07. The van der Waals surface area contributed by atoms with E-state index in [1.807, 2.05) is 6.92 Å². The number of fused-ring (bicyclic) bond motifs is 1. The molecule has 310 valence electrons. The summed E-state index contributed by atoms with van der Waals surface area (Å²) in [6.45, 7) is 7.01. The van der Waals surface area contributed by atoms with Crippen LogP contribution in [0.25, 0.3) is 0 Å². The van der Waals surface area contributed by atoms with Gasteiger partial charge in [-0.05, 0) is 56.4 Å². The quantitative estimate of drug-likeness (QED) is 0.110. The molecule has 13 nitrogen and oxygen atoms in total. The molecule has 0 bridgehead atoms. The lowest BCUT2D eigenvalue weighted by atomic mass is 10.0. The Morgan fingerprint density at radius 1 is 1.07 bits per heavy atom. The molecule has 1 saturated heterocycles. The standard InChI is InChI=1S/C39H47F4N5O8S/c1-4-6-7-8-15-31(44-26-12-10-13-27(18-26)56-39(41,42)43)34(50)48-22-28(55-36(52)47-21-24-11-9-14-30(40)29(24)23-47)19-32(48)33(49)45-38(20-25(38)5-2)35(51)46-57(53,54)37(3)16-17-37/h5,9-14,18,25,28,31-32,44H,2,4,6-8,15-17,19-23H2,1,3H3,(H,45,49)(H,46,51)/t25-,28-,31+,32+,38-/m1/s1. The molecule has 2 aliphatic heterocycles. The van der Waals surface area contributed by atoms with Crippen molar-refractivity contribution in [2.45, 2.75) is 120 Å². The van der Waals surface area contributed by atoms with Gasteiger partial charge in [0.1, 0.15) is 35.3 Å². The number of hydrogen-bond acceptors (Lipinski definition) is 9. The minimum atomic E-state index is -4.96. The maximum atomic E-state index is 14.6. The molecule has 2 aromatic carbocycles. The Bertz CT molecular complexity index is 2010. The van der Waals surface area contributed by atoms with Crippen molar-refractivity contribution in [1.82, 2.24) is 19.8 Å². The van der Waals surface area contributed by atoms with Crippen LogP contribution in [0.4, 0.5) is 28.0 Å². The number of hydrogen-bond donors (Lipinski definition) is 3. The van der Waals surface area contributed by atoms with E-state index in [0.717, 1.165) is 31.4 Å². The second kappa shape index (κ2) is 16.2. The van der Waals surface area contributed by atoms with Crippen molar-refractivity contribution in [2.75, 3.05) is 11.9 Å². The van der Waals surface area contributed by atoms with Crippen LogP contribution >= 0.6 is 0 Å². The van der Waals surface area contributed by atoms with Crippen molar-refractivity contribution in [1.29, 1.82) is 0 Å². The number of alkyl halides is 3. The summed E-state index contributed by atoms with van der Waals surface area (Å²) in [4.78, 5) is 58.4. The van der Waals surface area contributed by atoms with Crippen molar-refractivity contribution >= 4 is 39.5 Å². The van der Waals surface area contributed by atoms with E-state index in [4.69, 9.17) is 4.74 Å². The number of benzene rings is 2. The van der Waals surface area contributed by atoms with Gasteiger partial charge in [-0.15, -0.1) is 19.8 Å². The molecule has 0 unspecified atom stereocenters. The third-order valence-electron chi connectivity index (χ3n) is 11.2. The van der Waals surface area contributed by atoms with E-state index in [2.05, 4.69) is 26.7 Å². The second-order valence-corrected chi connectivity index (χ2v) is 17.7. The molecule has 2 heterocycles. The summed E-state index contributed by atoms with van der Waals surface area (Å²) in [5.41, 5.74) is -0.582. The Hall–Kier alpha value is -4.87. The van der Waals surface area contributed by atoms with Gasteiger partial charge >= 0.3 is 12.5 Å². The van der Waals surface area contributed by atoms with Gasteiger partial charge in [-0.1, -0.05) is 56.9 Å².